The highest BCUT2D eigenvalue weighted by atomic mass is 16.5. The average Bonchev–Trinajstić information content (AvgIpc) is 2.30. The summed E-state index contributed by atoms with van der Waals surface area (Å²) < 4.78 is 5.41. The molecule has 0 bridgehead atoms. The van der Waals surface area contributed by atoms with Gasteiger partial charge in [-0.2, -0.15) is 5.26 Å². The summed E-state index contributed by atoms with van der Waals surface area (Å²) in [7, 11) is 0. The summed E-state index contributed by atoms with van der Waals surface area (Å²) in [5.74, 6) is 0. The SMILES string of the molecule is N#C[C@@]1(c2cccc(N)c2)CCCOC1. The van der Waals surface area contributed by atoms with Gasteiger partial charge in [0.1, 0.15) is 5.41 Å². The zero-order chi connectivity index (χ0) is 10.7. The number of hydrogen-bond acceptors (Lipinski definition) is 3. The number of nitriles is 1. The first kappa shape index (κ1) is 10.0. The third-order valence-corrected chi connectivity index (χ3v) is 2.89. The van der Waals surface area contributed by atoms with Crippen LogP contribution in [0.3, 0.4) is 0 Å². The minimum atomic E-state index is -0.492. The van der Waals surface area contributed by atoms with E-state index in [0.29, 0.717) is 12.3 Å². The van der Waals surface area contributed by atoms with Crippen molar-refractivity contribution in [1.82, 2.24) is 0 Å². The van der Waals surface area contributed by atoms with E-state index < -0.39 is 5.41 Å². The van der Waals surface area contributed by atoms with E-state index in [1.807, 2.05) is 24.3 Å². The fraction of sp³-hybridized carbons (Fsp3) is 0.417. The Morgan fingerprint density at radius 2 is 2.33 bits per heavy atom. The quantitative estimate of drug-likeness (QED) is 0.707. The van der Waals surface area contributed by atoms with Crippen molar-refractivity contribution in [2.24, 2.45) is 0 Å². The highest BCUT2D eigenvalue weighted by molar-refractivity contribution is 5.45. The zero-order valence-electron chi connectivity index (χ0n) is 8.57. The molecule has 3 nitrogen and oxygen atoms in total. The van der Waals surface area contributed by atoms with Crippen LogP contribution in [0.15, 0.2) is 24.3 Å². The summed E-state index contributed by atoms with van der Waals surface area (Å²) in [6, 6.07) is 9.92. The molecule has 78 valence electrons. The second kappa shape index (κ2) is 3.92. The van der Waals surface area contributed by atoms with Crippen LogP contribution < -0.4 is 5.73 Å². The molecule has 0 amide bonds. The number of ether oxygens (including phenoxy) is 1. The number of hydrogen-bond donors (Lipinski definition) is 1. The molecule has 1 saturated heterocycles. The Bertz CT molecular complexity index is 389. The zero-order valence-corrected chi connectivity index (χ0v) is 8.57. The lowest BCUT2D eigenvalue weighted by Gasteiger charge is -2.31. The summed E-state index contributed by atoms with van der Waals surface area (Å²) in [4.78, 5) is 0. The molecule has 0 saturated carbocycles. The summed E-state index contributed by atoms with van der Waals surface area (Å²) in [5, 5.41) is 9.32. The van der Waals surface area contributed by atoms with Crippen LogP contribution in [-0.2, 0) is 10.2 Å². The molecular formula is C12H14N2O. The predicted octanol–water partition coefficient (Wildman–Crippen LogP) is 1.84. The van der Waals surface area contributed by atoms with E-state index in [2.05, 4.69) is 6.07 Å². The second-order valence-corrected chi connectivity index (χ2v) is 3.98. The molecule has 2 N–H and O–H groups in total. The van der Waals surface area contributed by atoms with E-state index in [4.69, 9.17) is 10.5 Å². The molecule has 0 aromatic heterocycles. The van der Waals surface area contributed by atoms with E-state index in [1.165, 1.54) is 0 Å². The van der Waals surface area contributed by atoms with Crippen molar-refractivity contribution in [3.63, 3.8) is 0 Å². The van der Waals surface area contributed by atoms with E-state index in [-0.39, 0.29) is 0 Å². The lowest BCUT2D eigenvalue weighted by Crippen LogP contribution is -2.34. The van der Waals surface area contributed by atoms with Crippen LogP contribution in [0, 0.1) is 11.3 Å². The van der Waals surface area contributed by atoms with Gasteiger partial charge in [-0.15, -0.1) is 0 Å². The minimum absolute atomic E-state index is 0.479. The molecular weight excluding hydrogens is 188 g/mol. The first-order valence-electron chi connectivity index (χ1n) is 5.12. The molecule has 0 radical (unpaired) electrons. The number of nitrogen functional groups attached to an aromatic ring is 1. The summed E-state index contributed by atoms with van der Waals surface area (Å²) in [6.45, 7) is 1.23. The molecule has 1 aromatic rings. The molecule has 0 aliphatic carbocycles. The highest BCUT2D eigenvalue weighted by Gasteiger charge is 2.34. The average molecular weight is 202 g/mol. The third kappa shape index (κ3) is 1.81. The Morgan fingerprint density at radius 3 is 2.93 bits per heavy atom. The van der Waals surface area contributed by atoms with Crippen LogP contribution in [-0.4, -0.2) is 13.2 Å². The lowest BCUT2D eigenvalue weighted by molar-refractivity contribution is 0.0563. The van der Waals surface area contributed by atoms with Crippen molar-refractivity contribution >= 4 is 5.69 Å². The largest absolute Gasteiger partial charge is 0.399 e. The van der Waals surface area contributed by atoms with Crippen LogP contribution in [0.5, 0.6) is 0 Å². The van der Waals surface area contributed by atoms with Gasteiger partial charge in [0.2, 0.25) is 0 Å². The molecule has 3 heteroatoms. The van der Waals surface area contributed by atoms with E-state index in [9.17, 15) is 5.26 Å². The molecule has 1 aliphatic heterocycles. The Morgan fingerprint density at radius 1 is 1.47 bits per heavy atom. The van der Waals surface area contributed by atoms with Gasteiger partial charge in [-0.05, 0) is 30.5 Å². The van der Waals surface area contributed by atoms with Crippen molar-refractivity contribution in [3.05, 3.63) is 29.8 Å². The molecule has 1 aliphatic rings. The fourth-order valence-electron chi connectivity index (χ4n) is 2.01. The van der Waals surface area contributed by atoms with Crippen LogP contribution in [0.1, 0.15) is 18.4 Å². The van der Waals surface area contributed by atoms with Crippen molar-refractivity contribution in [3.8, 4) is 6.07 Å². The Labute approximate surface area is 89.5 Å². The van der Waals surface area contributed by atoms with Crippen molar-refractivity contribution < 1.29 is 4.74 Å². The molecule has 15 heavy (non-hydrogen) atoms. The Kier molecular flexibility index (Phi) is 2.61. The van der Waals surface area contributed by atoms with Gasteiger partial charge in [0, 0.05) is 12.3 Å². The van der Waals surface area contributed by atoms with Gasteiger partial charge in [0.15, 0.2) is 0 Å². The third-order valence-electron chi connectivity index (χ3n) is 2.89. The summed E-state index contributed by atoms with van der Waals surface area (Å²) >= 11 is 0. The maximum atomic E-state index is 9.32. The molecule has 2 rings (SSSR count). The number of anilines is 1. The van der Waals surface area contributed by atoms with E-state index in [0.717, 1.165) is 25.0 Å². The van der Waals surface area contributed by atoms with Crippen LogP contribution >= 0.6 is 0 Å². The van der Waals surface area contributed by atoms with Gasteiger partial charge < -0.3 is 10.5 Å². The highest BCUT2D eigenvalue weighted by Crippen LogP contribution is 2.33. The van der Waals surface area contributed by atoms with Gasteiger partial charge in [-0.1, -0.05) is 12.1 Å². The maximum Gasteiger partial charge on any atom is 0.106 e. The fourth-order valence-corrected chi connectivity index (χ4v) is 2.01. The van der Waals surface area contributed by atoms with Gasteiger partial charge >= 0.3 is 0 Å². The molecule has 0 spiro atoms. The molecule has 0 unspecified atom stereocenters. The van der Waals surface area contributed by atoms with Crippen molar-refractivity contribution in [2.75, 3.05) is 18.9 Å². The number of nitrogens with two attached hydrogens (primary N) is 1. The monoisotopic (exact) mass is 202 g/mol. The first-order valence-corrected chi connectivity index (χ1v) is 5.12. The molecule has 1 fully saturated rings. The first-order chi connectivity index (χ1) is 7.27. The lowest BCUT2D eigenvalue weighted by atomic mass is 9.77. The number of nitrogens with zero attached hydrogens (tertiary/aromatic N) is 1. The van der Waals surface area contributed by atoms with Gasteiger partial charge in [-0.3, -0.25) is 0 Å². The normalized spacial score (nSPS) is 25.8. The molecule has 1 heterocycles. The number of benzene rings is 1. The van der Waals surface area contributed by atoms with Crippen molar-refractivity contribution in [1.29, 1.82) is 5.26 Å². The van der Waals surface area contributed by atoms with Crippen LogP contribution in [0.25, 0.3) is 0 Å². The second-order valence-electron chi connectivity index (χ2n) is 3.98. The molecule has 1 atom stereocenters. The van der Waals surface area contributed by atoms with Gasteiger partial charge in [0.05, 0.1) is 12.7 Å². The van der Waals surface area contributed by atoms with Crippen molar-refractivity contribution in [2.45, 2.75) is 18.3 Å². The standard InChI is InChI=1S/C12H14N2O/c13-8-12(5-2-6-15-9-12)10-3-1-4-11(14)7-10/h1,3-4,7H,2,5-6,9,14H2/t12-/m0/s1. The predicted molar refractivity (Wildman–Crippen MR) is 58.2 cm³/mol. The van der Waals surface area contributed by atoms with Crippen LogP contribution in [0.4, 0.5) is 5.69 Å². The maximum absolute atomic E-state index is 9.32. The summed E-state index contributed by atoms with van der Waals surface area (Å²) in [5.41, 5.74) is 6.91. The summed E-state index contributed by atoms with van der Waals surface area (Å²) in [6.07, 6.45) is 1.79. The van der Waals surface area contributed by atoms with Crippen LogP contribution in [0.2, 0.25) is 0 Å². The Hall–Kier alpha value is -1.53. The molecule has 1 aromatic carbocycles. The van der Waals surface area contributed by atoms with Gasteiger partial charge in [0.25, 0.3) is 0 Å². The smallest absolute Gasteiger partial charge is 0.106 e. The number of rotatable bonds is 1. The van der Waals surface area contributed by atoms with Gasteiger partial charge in [-0.25, -0.2) is 0 Å². The topological polar surface area (TPSA) is 59.0 Å². The van der Waals surface area contributed by atoms with E-state index in [1.54, 1.807) is 0 Å². The minimum Gasteiger partial charge on any atom is -0.399 e. The van der Waals surface area contributed by atoms with E-state index >= 15 is 0 Å². The Balaban J connectivity index is 2.37.